The molecule has 1 atom stereocenters. The maximum absolute atomic E-state index is 13.7. The Morgan fingerprint density at radius 3 is 2.45 bits per heavy atom. The number of anilines is 1. The summed E-state index contributed by atoms with van der Waals surface area (Å²) in [5.41, 5.74) is 3.57. The van der Waals surface area contributed by atoms with Crippen LogP contribution in [0, 0.1) is 13.8 Å². The maximum atomic E-state index is 13.7. The van der Waals surface area contributed by atoms with Gasteiger partial charge < -0.3 is 4.90 Å². The smallest absolute Gasteiger partial charge is 0.252 e. The van der Waals surface area contributed by atoms with Crippen molar-refractivity contribution in [3.63, 3.8) is 0 Å². The highest BCUT2D eigenvalue weighted by Crippen LogP contribution is 2.27. The Morgan fingerprint density at radius 1 is 1.06 bits per heavy atom. The van der Waals surface area contributed by atoms with Crippen molar-refractivity contribution in [2.75, 3.05) is 4.90 Å². The Hall–Kier alpha value is -3.25. The average molecular weight is 434 g/mol. The molecular weight excluding hydrogens is 410 g/mol. The van der Waals surface area contributed by atoms with Crippen LogP contribution in [-0.4, -0.2) is 25.5 Å². The van der Waals surface area contributed by atoms with Crippen molar-refractivity contribution in [3.05, 3.63) is 88.5 Å². The van der Waals surface area contributed by atoms with Crippen LogP contribution in [0.25, 0.3) is 5.78 Å². The Bertz CT molecular complexity index is 1200. The summed E-state index contributed by atoms with van der Waals surface area (Å²) in [4.78, 5) is 24.5. The Balaban J connectivity index is 1.73. The zero-order valence-corrected chi connectivity index (χ0v) is 18.5. The van der Waals surface area contributed by atoms with Gasteiger partial charge in [-0.05, 0) is 56.2 Å². The highest BCUT2D eigenvalue weighted by molar-refractivity contribution is 6.30. The molecule has 31 heavy (non-hydrogen) atoms. The predicted molar refractivity (Wildman–Crippen MR) is 122 cm³/mol. The minimum absolute atomic E-state index is 0.00394. The molecule has 0 N–H and O–H groups in total. The van der Waals surface area contributed by atoms with Gasteiger partial charge in [0, 0.05) is 22.1 Å². The van der Waals surface area contributed by atoms with E-state index in [0.29, 0.717) is 23.0 Å². The monoisotopic (exact) mass is 433 g/mol. The summed E-state index contributed by atoms with van der Waals surface area (Å²) in [5, 5.41) is 5.22. The second kappa shape index (κ2) is 8.86. The number of benzene rings is 2. The van der Waals surface area contributed by atoms with Crippen LogP contribution in [0.1, 0.15) is 42.0 Å². The SMILES string of the molecule is CCC(C(=O)N(Cc1nc2nc(C)cc(C)n2n1)c1ccc(Cl)cc1)c1ccccc1. The van der Waals surface area contributed by atoms with Crippen molar-refractivity contribution < 1.29 is 4.79 Å². The number of hydrogen-bond acceptors (Lipinski definition) is 4. The highest BCUT2D eigenvalue weighted by Gasteiger charge is 2.27. The van der Waals surface area contributed by atoms with Gasteiger partial charge in [-0.3, -0.25) is 4.79 Å². The minimum Gasteiger partial charge on any atom is -0.304 e. The van der Waals surface area contributed by atoms with E-state index in [2.05, 4.69) is 15.1 Å². The molecule has 6 nitrogen and oxygen atoms in total. The fourth-order valence-electron chi connectivity index (χ4n) is 3.76. The number of halogens is 1. The van der Waals surface area contributed by atoms with Crippen LogP contribution in [-0.2, 0) is 11.3 Å². The van der Waals surface area contributed by atoms with Crippen molar-refractivity contribution in [1.82, 2.24) is 19.6 Å². The first kappa shape index (κ1) is 21.0. The third-order valence-electron chi connectivity index (χ3n) is 5.27. The minimum atomic E-state index is -0.268. The van der Waals surface area contributed by atoms with Gasteiger partial charge >= 0.3 is 0 Å². The zero-order valence-electron chi connectivity index (χ0n) is 17.8. The molecule has 1 amide bonds. The molecule has 4 aromatic rings. The van der Waals surface area contributed by atoms with Gasteiger partial charge in [0.1, 0.15) is 0 Å². The molecule has 0 aliphatic carbocycles. The number of carbonyl (C=O) groups excluding carboxylic acids is 1. The molecule has 7 heteroatoms. The lowest BCUT2D eigenvalue weighted by Crippen LogP contribution is -2.35. The van der Waals surface area contributed by atoms with E-state index in [1.807, 2.05) is 69.3 Å². The van der Waals surface area contributed by atoms with Crippen LogP contribution in [0.3, 0.4) is 0 Å². The van der Waals surface area contributed by atoms with Crippen molar-refractivity contribution in [2.24, 2.45) is 0 Å². The molecule has 0 spiro atoms. The van der Waals surface area contributed by atoms with Gasteiger partial charge in [-0.2, -0.15) is 4.98 Å². The number of nitrogens with zero attached hydrogens (tertiary/aromatic N) is 5. The van der Waals surface area contributed by atoms with Crippen molar-refractivity contribution in [2.45, 2.75) is 39.7 Å². The van der Waals surface area contributed by atoms with E-state index in [0.717, 1.165) is 22.6 Å². The lowest BCUT2D eigenvalue weighted by molar-refractivity contribution is -0.120. The second-order valence-electron chi connectivity index (χ2n) is 7.55. The molecular formula is C24H24ClN5O. The van der Waals surface area contributed by atoms with E-state index in [1.54, 1.807) is 21.5 Å². The lowest BCUT2D eigenvalue weighted by Gasteiger charge is -2.26. The van der Waals surface area contributed by atoms with E-state index in [4.69, 9.17) is 11.6 Å². The average Bonchev–Trinajstić information content (AvgIpc) is 3.17. The predicted octanol–water partition coefficient (Wildman–Crippen LogP) is 5.12. The van der Waals surface area contributed by atoms with Gasteiger partial charge in [0.25, 0.3) is 5.78 Å². The van der Waals surface area contributed by atoms with E-state index < -0.39 is 0 Å². The molecule has 0 saturated carbocycles. The van der Waals surface area contributed by atoms with Crippen LogP contribution in [0.4, 0.5) is 5.69 Å². The van der Waals surface area contributed by atoms with Gasteiger partial charge in [0.15, 0.2) is 5.82 Å². The summed E-state index contributed by atoms with van der Waals surface area (Å²) >= 11 is 6.09. The first-order valence-corrected chi connectivity index (χ1v) is 10.7. The number of rotatable bonds is 6. The van der Waals surface area contributed by atoms with E-state index in [9.17, 15) is 4.79 Å². The third kappa shape index (κ3) is 4.44. The highest BCUT2D eigenvalue weighted by atomic mass is 35.5. The Labute approximate surface area is 186 Å². The Morgan fingerprint density at radius 2 is 1.77 bits per heavy atom. The van der Waals surface area contributed by atoms with Crippen LogP contribution in [0.2, 0.25) is 5.02 Å². The van der Waals surface area contributed by atoms with Crippen molar-refractivity contribution in [1.29, 1.82) is 0 Å². The van der Waals surface area contributed by atoms with Crippen LogP contribution in [0.15, 0.2) is 60.7 Å². The number of fused-ring (bicyclic) bond motifs is 1. The molecule has 0 aliphatic rings. The first-order valence-electron chi connectivity index (χ1n) is 10.3. The number of carbonyl (C=O) groups is 1. The molecule has 2 aromatic carbocycles. The molecule has 0 fully saturated rings. The van der Waals surface area contributed by atoms with Gasteiger partial charge in [0.2, 0.25) is 5.91 Å². The topological polar surface area (TPSA) is 63.4 Å². The largest absolute Gasteiger partial charge is 0.304 e. The number of amides is 1. The molecule has 0 bridgehead atoms. The molecule has 158 valence electrons. The quantitative estimate of drug-likeness (QED) is 0.423. The van der Waals surface area contributed by atoms with Gasteiger partial charge in [0.05, 0.1) is 12.5 Å². The molecule has 0 saturated heterocycles. The second-order valence-corrected chi connectivity index (χ2v) is 7.99. The van der Waals surface area contributed by atoms with Gasteiger partial charge in [-0.15, -0.1) is 5.10 Å². The normalized spacial score (nSPS) is 12.1. The van der Waals surface area contributed by atoms with Crippen LogP contribution >= 0.6 is 11.6 Å². The molecule has 0 aliphatic heterocycles. The number of aryl methyl sites for hydroxylation is 2. The van der Waals surface area contributed by atoms with Crippen molar-refractivity contribution in [3.8, 4) is 0 Å². The van der Waals surface area contributed by atoms with E-state index in [1.165, 1.54) is 0 Å². The summed E-state index contributed by atoms with van der Waals surface area (Å²) < 4.78 is 1.71. The lowest BCUT2D eigenvalue weighted by atomic mass is 9.94. The molecule has 2 aromatic heterocycles. The number of hydrogen-bond donors (Lipinski definition) is 0. The molecule has 0 radical (unpaired) electrons. The van der Waals surface area contributed by atoms with Gasteiger partial charge in [-0.25, -0.2) is 9.50 Å². The molecule has 4 rings (SSSR count). The van der Waals surface area contributed by atoms with Crippen LogP contribution in [0.5, 0.6) is 0 Å². The summed E-state index contributed by atoms with van der Waals surface area (Å²) in [6.45, 7) is 6.15. The third-order valence-corrected chi connectivity index (χ3v) is 5.53. The van der Waals surface area contributed by atoms with E-state index >= 15 is 0 Å². The molecule has 1 unspecified atom stereocenters. The first-order chi connectivity index (χ1) is 15.0. The van der Waals surface area contributed by atoms with Crippen LogP contribution < -0.4 is 4.90 Å². The fraction of sp³-hybridized carbons (Fsp3) is 0.250. The zero-order chi connectivity index (χ0) is 22.0. The van der Waals surface area contributed by atoms with E-state index in [-0.39, 0.29) is 18.4 Å². The summed E-state index contributed by atoms with van der Waals surface area (Å²) in [5.74, 6) is 0.797. The number of aromatic nitrogens is 4. The van der Waals surface area contributed by atoms with Crippen molar-refractivity contribution >= 4 is 29.0 Å². The Kier molecular flexibility index (Phi) is 6.00. The summed E-state index contributed by atoms with van der Waals surface area (Å²) in [7, 11) is 0. The standard InChI is InChI=1S/C24H24ClN5O/c1-4-21(18-8-6-5-7-9-18)23(31)29(20-12-10-19(25)11-13-20)15-22-27-24-26-16(2)14-17(3)30(24)28-22/h5-14,21H,4,15H2,1-3H3. The summed E-state index contributed by atoms with van der Waals surface area (Å²) in [6.07, 6.45) is 0.686. The summed E-state index contributed by atoms with van der Waals surface area (Å²) in [6, 6.07) is 19.1. The maximum Gasteiger partial charge on any atom is 0.252 e. The molecule has 2 heterocycles. The van der Waals surface area contributed by atoms with Gasteiger partial charge in [-0.1, -0.05) is 48.9 Å². The fourth-order valence-corrected chi connectivity index (χ4v) is 3.89.